The van der Waals surface area contributed by atoms with Gasteiger partial charge in [0.1, 0.15) is 0 Å². The van der Waals surface area contributed by atoms with Crippen LogP contribution in [-0.2, 0) is 25.7 Å². The van der Waals surface area contributed by atoms with Gasteiger partial charge in [0.2, 0.25) is 11.8 Å². The number of carbonyl (C=O) groups is 2. The van der Waals surface area contributed by atoms with Crippen molar-refractivity contribution in [3.63, 3.8) is 0 Å². The van der Waals surface area contributed by atoms with Crippen LogP contribution in [0.15, 0.2) is 48.5 Å². The molecule has 0 spiro atoms. The van der Waals surface area contributed by atoms with Crippen LogP contribution in [0.4, 0.5) is 5.69 Å². The minimum atomic E-state index is -0.515. The van der Waals surface area contributed by atoms with Gasteiger partial charge in [0.25, 0.3) is 0 Å². The monoisotopic (exact) mass is 581 g/mol. The lowest BCUT2D eigenvalue weighted by atomic mass is 9.99. The van der Waals surface area contributed by atoms with E-state index in [-0.39, 0.29) is 30.6 Å². The second-order valence-corrected chi connectivity index (χ2v) is 11.5. The first-order chi connectivity index (χ1) is 20.5. The summed E-state index contributed by atoms with van der Waals surface area (Å²) in [6.45, 7) is 3.12. The zero-order valence-electron chi connectivity index (χ0n) is 24.6. The fourth-order valence-corrected chi connectivity index (χ4v) is 5.74. The van der Waals surface area contributed by atoms with Gasteiger partial charge in [0.05, 0.1) is 18.8 Å². The van der Waals surface area contributed by atoms with E-state index in [1.54, 1.807) is 5.48 Å². The number of hydrogen-bond donors (Lipinski definition) is 4. The van der Waals surface area contributed by atoms with E-state index < -0.39 is 6.29 Å². The third-order valence-corrected chi connectivity index (χ3v) is 8.17. The molecule has 0 aliphatic carbocycles. The van der Waals surface area contributed by atoms with Crippen molar-refractivity contribution in [2.75, 3.05) is 25.0 Å². The number of likely N-dealkylation sites (tertiary alicyclic amines) is 1. The maximum Gasteiger partial charge on any atom is 0.243 e. The molecule has 0 saturated carbocycles. The molecule has 2 aromatic rings. The van der Waals surface area contributed by atoms with E-state index in [9.17, 15) is 14.7 Å². The number of carbonyl (C=O) groups excluding carboxylic acids is 2. The zero-order valence-corrected chi connectivity index (χ0v) is 24.6. The Hall–Kier alpha value is -2.82. The number of amides is 2. The van der Waals surface area contributed by atoms with E-state index in [2.05, 4.69) is 10.2 Å². The van der Waals surface area contributed by atoms with Crippen LogP contribution in [0.1, 0.15) is 106 Å². The first-order valence-corrected chi connectivity index (χ1v) is 15.6. The summed E-state index contributed by atoms with van der Waals surface area (Å²) in [7, 11) is 0. The molecular weight excluding hydrogens is 534 g/mol. The summed E-state index contributed by atoms with van der Waals surface area (Å²) >= 11 is 0. The number of hydroxylamine groups is 1. The van der Waals surface area contributed by atoms with Gasteiger partial charge in [-0.1, -0.05) is 68.5 Å². The molecule has 3 atom stereocenters. The molecule has 0 aromatic heterocycles. The molecule has 2 saturated heterocycles. The third kappa shape index (κ3) is 10.5. The highest BCUT2D eigenvalue weighted by atomic mass is 16.7. The topological polar surface area (TPSA) is 120 Å². The number of aliphatic hydroxyl groups excluding tert-OH is 1. The Morgan fingerprint density at radius 1 is 0.786 bits per heavy atom. The van der Waals surface area contributed by atoms with Crippen molar-refractivity contribution in [2.24, 2.45) is 0 Å². The van der Waals surface area contributed by atoms with Gasteiger partial charge in [-0.2, -0.15) is 0 Å². The lowest BCUT2D eigenvalue weighted by Gasteiger charge is -2.38. The number of nitrogens with zero attached hydrogens (tertiary/aromatic N) is 1. The Kier molecular flexibility index (Phi) is 13.2. The molecule has 9 nitrogen and oxygen atoms in total. The largest absolute Gasteiger partial charge is 0.392 e. The second kappa shape index (κ2) is 17.3. The first-order valence-electron chi connectivity index (χ1n) is 15.6. The summed E-state index contributed by atoms with van der Waals surface area (Å²) in [6.07, 6.45) is 10.4. The van der Waals surface area contributed by atoms with Crippen LogP contribution in [0.25, 0.3) is 0 Å². The van der Waals surface area contributed by atoms with Crippen molar-refractivity contribution in [3.05, 3.63) is 65.2 Å². The van der Waals surface area contributed by atoms with Crippen LogP contribution in [0, 0.1) is 0 Å². The standard InChI is InChI=1S/C33H47N3O6/c37-24-25-12-14-26(15-13-25)30-22-29(23-36-20-8-4-1-5-9-21-36)41-33(42-30)27-16-18-28(19-17-27)34-31(38)10-6-2-3-7-11-32(39)35-40/h12-19,29-30,33,37,40H,1-11,20-24H2,(H,34,38)(H,35,39)/t29-,30+,33+/m1/s1. The van der Waals surface area contributed by atoms with Gasteiger partial charge in [-0.25, -0.2) is 5.48 Å². The number of rotatable bonds is 13. The van der Waals surface area contributed by atoms with Gasteiger partial charge in [0.15, 0.2) is 6.29 Å². The van der Waals surface area contributed by atoms with Gasteiger partial charge < -0.3 is 24.8 Å². The van der Waals surface area contributed by atoms with E-state index in [1.807, 2.05) is 48.5 Å². The average Bonchev–Trinajstić information content (AvgIpc) is 3.00. The number of anilines is 1. The van der Waals surface area contributed by atoms with E-state index in [0.29, 0.717) is 19.3 Å². The van der Waals surface area contributed by atoms with Crippen molar-refractivity contribution in [3.8, 4) is 0 Å². The minimum absolute atomic E-state index is 0.0174. The quantitative estimate of drug-likeness (QED) is 0.135. The fourth-order valence-electron chi connectivity index (χ4n) is 5.74. The number of nitrogens with one attached hydrogen (secondary N) is 2. The summed E-state index contributed by atoms with van der Waals surface area (Å²) in [5.74, 6) is -0.420. The normalized spacial score (nSPS) is 21.7. The molecular formula is C33H47N3O6. The lowest BCUT2D eigenvalue weighted by molar-refractivity contribution is -0.253. The van der Waals surface area contributed by atoms with E-state index in [4.69, 9.17) is 14.7 Å². The van der Waals surface area contributed by atoms with Crippen molar-refractivity contribution in [1.82, 2.24) is 10.4 Å². The average molecular weight is 582 g/mol. The molecule has 4 N–H and O–H groups in total. The number of hydrogen-bond acceptors (Lipinski definition) is 7. The predicted octanol–water partition coefficient (Wildman–Crippen LogP) is 5.77. The minimum Gasteiger partial charge on any atom is -0.392 e. The number of ether oxygens (including phenoxy) is 2. The fraction of sp³-hybridized carbons (Fsp3) is 0.576. The Balaban J connectivity index is 1.34. The van der Waals surface area contributed by atoms with Gasteiger partial charge >= 0.3 is 0 Å². The smallest absolute Gasteiger partial charge is 0.243 e. The summed E-state index contributed by atoms with van der Waals surface area (Å²) in [5.41, 5.74) is 5.24. The zero-order chi connectivity index (χ0) is 29.6. The SMILES string of the molecule is O=C(CCCCCCC(=O)Nc1ccc([C@H]2O[C@@H](CN3CCCCCCC3)C[C@@H](c3ccc(CO)cc3)O2)cc1)NO. The molecule has 2 aliphatic heterocycles. The maximum atomic E-state index is 12.4. The molecule has 2 aromatic carbocycles. The molecule has 42 heavy (non-hydrogen) atoms. The van der Waals surface area contributed by atoms with E-state index >= 15 is 0 Å². The summed E-state index contributed by atoms with van der Waals surface area (Å²) < 4.78 is 13.0. The summed E-state index contributed by atoms with van der Waals surface area (Å²) in [4.78, 5) is 26.0. The Labute approximate surface area is 249 Å². The number of unbranched alkanes of at least 4 members (excludes halogenated alkanes) is 3. The molecule has 2 heterocycles. The molecule has 2 amide bonds. The molecule has 0 unspecified atom stereocenters. The predicted molar refractivity (Wildman–Crippen MR) is 161 cm³/mol. The molecule has 230 valence electrons. The lowest BCUT2D eigenvalue weighted by Crippen LogP contribution is -2.40. The van der Waals surface area contributed by atoms with Crippen LogP contribution in [0.2, 0.25) is 0 Å². The van der Waals surface area contributed by atoms with Crippen LogP contribution in [0.5, 0.6) is 0 Å². The Bertz CT molecular complexity index is 1090. The van der Waals surface area contributed by atoms with Gasteiger partial charge in [-0.15, -0.1) is 0 Å². The van der Waals surface area contributed by atoms with Crippen LogP contribution in [0.3, 0.4) is 0 Å². The van der Waals surface area contributed by atoms with Gasteiger partial charge in [-0.05, 0) is 62.0 Å². The first kappa shape index (κ1) is 32.1. The maximum absolute atomic E-state index is 12.4. The summed E-state index contributed by atoms with van der Waals surface area (Å²) in [5, 5.41) is 21.0. The van der Waals surface area contributed by atoms with Crippen molar-refractivity contribution < 1.29 is 29.4 Å². The van der Waals surface area contributed by atoms with E-state index in [1.165, 1.54) is 32.1 Å². The number of benzene rings is 2. The Morgan fingerprint density at radius 2 is 1.40 bits per heavy atom. The van der Waals surface area contributed by atoms with Crippen LogP contribution < -0.4 is 10.8 Å². The van der Waals surface area contributed by atoms with Crippen LogP contribution in [-0.4, -0.2) is 52.8 Å². The molecule has 0 bridgehead atoms. The van der Waals surface area contributed by atoms with Crippen molar-refractivity contribution >= 4 is 17.5 Å². The van der Waals surface area contributed by atoms with Crippen LogP contribution >= 0.6 is 0 Å². The van der Waals surface area contributed by atoms with Crippen molar-refractivity contribution in [2.45, 2.75) is 102 Å². The summed E-state index contributed by atoms with van der Waals surface area (Å²) in [6, 6.07) is 15.7. The highest BCUT2D eigenvalue weighted by Crippen LogP contribution is 2.38. The molecule has 2 aliphatic rings. The van der Waals surface area contributed by atoms with Gasteiger partial charge in [0, 0.05) is 37.1 Å². The Morgan fingerprint density at radius 3 is 2.05 bits per heavy atom. The van der Waals surface area contributed by atoms with Gasteiger partial charge in [-0.3, -0.25) is 14.8 Å². The molecule has 9 heteroatoms. The highest BCUT2D eigenvalue weighted by Gasteiger charge is 2.33. The third-order valence-electron chi connectivity index (χ3n) is 8.17. The molecule has 2 fully saturated rings. The second-order valence-electron chi connectivity index (χ2n) is 11.5. The van der Waals surface area contributed by atoms with E-state index in [0.717, 1.165) is 67.7 Å². The number of aliphatic hydroxyl groups is 1. The van der Waals surface area contributed by atoms with Crippen molar-refractivity contribution in [1.29, 1.82) is 0 Å². The molecule has 4 rings (SSSR count). The molecule has 0 radical (unpaired) electrons. The highest BCUT2D eigenvalue weighted by molar-refractivity contribution is 5.90.